The normalized spacial score (nSPS) is 11.3. The molecule has 0 spiro atoms. The van der Waals surface area contributed by atoms with Crippen LogP contribution >= 0.6 is 11.6 Å². The first-order valence-electron chi connectivity index (χ1n) is 7.89. The number of nitrogens with one attached hydrogen (secondary N) is 2. The number of benzene rings is 1. The van der Waals surface area contributed by atoms with Crippen LogP contribution in [0.2, 0.25) is 5.02 Å². The number of ether oxygens (including phenoxy) is 1. The number of halogens is 1. The molecule has 0 aliphatic heterocycles. The molecule has 9 nitrogen and oxygen atoms in total. The molecule has 1 aromatic carbocycles. The number of hydrogen-bond donors (Lipinski definition) is 2. The molecular weight excluding hydrogens is 392 g/mol. The second kappa shape index (κ2) is 8.33. The van der Waals surface area contributed by atoms with Gasteiger partial charge in [0.15, 0.2) is 5.82 Å². The number of nitrogens with zero attached hydrogens (tertiary/aromatic N) is 4. The Morgan fingerprint density at radius 2 is 2.07 bits per heavy atom. The van der Waals surface area contributed by atoms with Crippen molar-refractivity contribution in [2.24, 2.45) is 0 Å². The highest BCUT2D eigenvalue weighted by atomic mass is 35.5. The summed E-state index contributed by atoms with van der Waals surface area (Å²) in [4.78, 5) is 8.29. The summed E-state index contributed by atoms with van der Waals surface area (Å²) in [7, 11) is -2.22. The molecule has 0 atom stereocenters. The Kier molecular flexibility index (Phi) is 5.89. The van der Waals surface area contributed by atoms with Gasteiger partial charge in [-0.2, -0.15) is 5.10 Å². The van der Waals surface area contributed by atoms with Crippen LogP contribution in [0.25, 0.3) is 5.82 Å². The Balaban J connectivity index is 1.57. The van der Waals surface area contributed by atoms with E-state index in [2.05, 4.69) is 25.1 Å². The fraction of sp³-hybridized carbons (Fsp3) is 0.188. The van der Waals surface area contributed by atoms with Crippen molar-refractivity contribution in [1.29, 1.82) is 0 Å². The molecule has 0 amide bonds. The van der Waals surface area contributed by atoms with E-state index in [4.69, 9.17) is 16.3 Å². The Morgan fingerprint density at radius 1 is 1.22 bits per heavy atom. The lowest BCUT2D eigenvalue weighted by Crippen LogP contribution is -2.29. The van der Waals surface area contributed by atoms with E-state index in [0.29, 0.717) is 23.9 Å². The quantitative estimate of drug-likeness (QED) is 0.546. The molecule has 2 N–H and O–H groups in total. The molecule has 142 valence electrons. The maximum absolute atomic E-state index is 12.3. The SMILES string of the molecule is COc1ccc(S(=O)(=O)NCCNc2cc(-n3cccn3)ncn2)cc1Cl. The minimum absolute atomic E-state index is 0.0660. The third-order valence-electron chi connectivity index (χ3n) is 3.55. The van der Waals surface area contributed by atoms with Gasteiger partial charge in [-0.15, -0.1) is 0 Å². The summed E-state index contributed by atoms with van der Waals surface area (Å²) < 4.78 is 33.8. The fourth-order valence-corrected chi connectivity index (χ4v) is 3.63. The van der Waals surface area contributed by atoms with Crippen LogP contribution in [-0.2, 0) is 10.0 Å². The third kappa shape index (κ3) is 4.73. The second-order valence-electron chi connectivity index (χ2n) is 5.33. The lowest BCUT2D eigenvalue weighted by Gasteiger charge is -2.10. The van der Waals surface area contributed by atoms with Gasteiger partial charge in [-0.25, -0.2) is 27.8 Å². The van der Waals surface area contributed by atoms with Crippen molar-refractivity contribution in [2.45, 2.75) is 4.90 Å². The van der Waals surface area contributed by atoms with Gasteiger partial charge >= 0.3 is 0 Å². The largest absolute Gasteiger partial charge is 0.495 e. The highest BCUT2D eigenvalue weighted by Crippen LogP contribution is 2.26. The summed E-state index contributed by atoms with van der Waals surface area (Å²) in [6.45, 7) is 0.492. The highest BCUT2D eigenvalue weighted by Gasteiger charge is 2.15. The zero-order chi connectivity index (χ0) is 19.3. The minimum atomic E-state index is -3.68. The third-order valence-corrected chi connectivity index (χ3v) is 5.30. The van der Waals surface area contributed by atoms with E-state index in [1.165, 1.54) is 31.6 Å². The van der Waals surface area contributed by atoms with Crippen LogP contribution < -0.4 is 14.8 Å². The first-order chi connectivity index (χ1) is 13.0. The predicted molar refractivity (Wildman–Crippen MR) is 101 cm³/mol. The van der Waals surface area contributed by atoms with Crippen molar-refractivity contribution in [3.63, 3.8) is 0 Å². The van der Waals surface area contributed by atoms with Gasteiger partial charge in [-0.05, 0) is 24.3 Å². The molecule has 0 fully saturated rings. The number of aromatic nitrogens is 4. The standard InChI is InChI=1S/C16H17ClN6O3S/c1-26-14-4-3-12(9-13(14)17)27(24,25)22-7-6-18-15-10-16(20-11-19-15)23-8-2-5-21-23/h2-5,8-11,22H,6-7H2,1H3,(H,18,19,20). The average Bonchev–Trinajstić information content (AvgIpc) is 3.20. The summed E-state index contributed by atoms with van der Waals surface area (Å²) in [5.74, 6) is 1.57. The number of sulfonamides is 1. The number of rotatable bonds is 8. The van der Waals surface area contributed by atoms with Crippen LogP contribution in [0.3, 0.4) is 0 Å². The lowest BCUT2D eigenvalue weighted by atomic mass is 10.3. The lowest BCUT2D eigenvalue weighted by molar-refractivity contribution is 0.414. The van der Waals surface area contributed by atoms with Gasteiger partial charge in [0, 0.05) is 31.5 Å². The van der Waals surface area contributed by atoms with Gasteiger partial charge in [0.2, 0.25) is 10.0 Å². The number of anilines is 1. The Morgan fingerprint density at radius 3 is 2.78 bits per heavy atom. The predicted octanol–water partition coefficient (Wildman–Crippen LogP) is 1.71. The van der Waals surface area contributed by atoms with Gasteiger partial charge in [0.05, 0.1) is 17.0 Å². The maximum atomic E-state index is 12.3. The molecular formula is C16H17ClN6O3S. The molecule has 0 saturated heterocycles. The molecule has 0 unspecified atom stereocenters. The van der Waals surface area contributed by atoms with E-state index >= 15 is 0 Å². The fourth-order valence-electron chi connectivity index (χ4n) is 2.25. The van der Waals surface area contributed by atoms with E-state index in [9.17, 15) is 8.42 Å². The van der Waals surface area contributed by atoms with E-state index < -0.39 is 10.0 Å². The molecule has 0 bridgehead atoms. The second-order valence-corrected chi connectivity index (χ2v) is 7.51. The summed E-state index contributed by atoms with van der Waals surface area (Å²) in [6.07, 6.45) is 4.82. The van der Waals surface area contributed by atoms with E-state index in [0.717, 1.165) is 0 Å². The van der Waals surface area contributed by atoms with Crippen molar-refractivity contribution in [3.05, 3.63) is 54.1 Å². The molecule has 11 heteroatoms. The van der Waals surface area contributed by atoms with E-state index in [1.54, 1.807) is 29.2 Å². The van der Waals surface area contributed by atoms with Crippen molar-refractivity contribution in [2.75, 3.05) is 25.5 Å². The van der Waals surface area contributed by atoms with Crippen molar-refractivity contribution >= 4 is 27.4 Å². The molecule has 2 heterocycles. The first-order valence-corrected chi connectivity index (χ1v) is 9.75. The summed E-state index contributed by atoms with van der Waals surface area (Å²) in [6, 6.07) is 7.78. The van der Waals surface area contributed by atoms with Crippen LogP contribution in [0, 0.1) is 0 Å². The average molecular weight is 409 g/mol. The minimum Gasteiger partial charge on any atom is -0.495 e. The van der Waals surface area contributed by atoms with E-state index in [-0.39, 0.29) is 16.5 Å². The Hall–Kier alpha value is -2.69. The summed E-state index contributed by atoms with van der Waals surface area (Å²) in [5, 5.41) is 7.36. The molecule has 3 rings (SSSR count). The molecule has 0 aliphatic carbocycles. The van der Waals surface area contributed by atoms with Gasteiger partial charge in [-0.3, -0.25) is 0 Å². The van der Waals surface area contributed by atoms with Gasteiger partial charge in [-0.1, -0.05) is 11.6 Å². The van der Waals surface area contributed by atoms with Crippen molar-refractivity contribution in [3.8, 4) is 11.6 Å². The van der Waals surface area contributed by atoms with Crippen LogP contribution in [0.15, 0.2) is 53.9 Å². The smallest absolute Gasteiger partial charge is 0.240 e. The zero-order valence-electron chi connectivity index (χ0n) is 14.3. The van der Waals surface area contributed by atoms with Crippen molar-refractivity contribution < 1.29 is 13.2 Å². The summed E-state index contributed by atoms with van der Waals surface area (Å²) >= 11 is 5.98. The maximum Gasteiger partial charge on any atom is 0.240 e. The van der Waals surface area contributed by atoms with Crippen LogP contribution in [-0.4, -0.2) is 48.4 Å². The summed E-state index contributed by atoms with van der Waals surface area (Å²) in [5.41, 5.74) is 0. The van der Waals surface area contributed by atoms with Crippen LogP contribution in [0.4, 0.5) is 5.82 Å². The molecule has 0 aliphatic rings. The number of methoxy groups -OCH3 is 1. The molecule has 27 heavy (non-hydrogen) atoms. The number of hydrogen-bond acceptors (Lipinski definition) is 7. The zero-order valence-corrected chi connectivity index (χ0v) is 15.9. The van der Waals surface area contributed by atoms with Crippen molar-refractivity contribution in [1.82, 2.24) is 24.5 Å². The molecule has 0 radical (unpaired) electrons. The topological polar surface area (TPSA) is 111 Å². The monoisotopic (exact) mass is 408 g/mol. The Labute approximate surface area is 161 Å². The van der Waals surface area contributed by atoms with Crippen LogP contribution in [0.5, 0.6) is 5.75 Å². The van der Waals surface area contributed by atoms with Crippen LogP contribution in [0.1, 0.15) is 0 Å². The molecule has 2 aromatic heterocycles. The molecule has 0 saturated carbocycles. The Bertz CT molecular complexity index is 1010. The van der Waals surface area contributed by atoms with Gasteiger partial charge in [0.1, 0.15) is 17.9 Å². The van der Waals surface area contributed by atoms with E-state index in [1.807, 2.05) is 0 Å². The van der Waals surface area contributed by atoms with Gasteiger partial charge in [0.25, 0.3) is 0 Å². The molecule has 3 aromatic rings. The first kappa shape index (κ1) is 19.1. The highest BCUT2D eigenvalue weighted by molar-refractivity contribution is 7.89. The van der Waals surface area contributed by atoms with Gasteiger partial charge < -0.3 is 10.1 Å².